The second-order valence-electron chi connectivity index (χ2n) is 9.57. The Kier molecular flexibility index (Phi) is 9.30. The normalized spacial score (nSPS) is 11.6. The smallest absolute Gasteiger partial charge is 0.408 e. The van der Waals surface area contributed by atoms with E-state index in [4.69, 9.17) is 16.3 Å². The number of nitrogens with one attached hydrogen (secondary N) is 4. The van der Waals surface area contributed by atoms with Crippen LogP contribution in [0, 0.1) is 0 Å². The Morgan fingerprint density at radius 3 is 2.33 bits per heavy atom. The summed E-state index contributed by atoms with van der Waals surface area (Å²) in [4.78, 5) is 36.4. The number of carbonyl (C=O) groups is 2. The Balaban J connectivity index is 1.65. The van der Waals surface area contributed by atoms with Crippen LogP contribution in [0.1, 0.15) is 34.6 Å². The van der Waals surface area contributed by atoms with Gasteiger partial charge in [0.1, 0.15) is 17.2 Å². The maximum atomic E-state index is 12.7. The lowest BCUT2D eigenvalue weighted by atomic mass is 10.2. The van der Waals surface area contributed by atoms with Crippen LogP contribution < -0.4 is 21.3 Å². The van der Waals surface area contributed by atoms with Gasteiger partial charge in [0.25, 0.3) is 0 Å². The monoisotopic (exact) mass is 575 g/mol. The van der Waals surface area contributed by atoms with Gasteiger partial charge in [-0.3, -0.25) is 4.79 Å². The number of benzene rings is 1. The first-order chi connectivity index (χ1) is 18.2. The van der Waals surface area contributed by atoms with Crippen molar-refractivity contribution in [2.45, 2.75) is 50.5 Å². The van der Waals surface area contributed by atoms with E-state index in [0.717, 1.165) is 0 Å². The lowest BCUT2D eigenvalue weighted by Crippen LogP contribution is -2.37. The molecule has 0 fully saturated rings. The fraction of sp³-hybridized carbons (Fsp3) is 0.320. The summed E-state index contributed by atoms with van der Waals surface area (Å²) in [5.74, 6) is -0.0475. The van der Waals surface area contributed by atoms with Crippen molar-refractivity contribution in [3.05, 3.63) is 53.8 Å². The van der Waals surface area contributed by atoms with Gasteiger partial charge in [-0.05, 0) is 71.0 Å². The molecule has 208 valence electrons. The number of rotatable bonds is 9. The van der Waals surface area contributed by atoms with Crippen molar-refractivity contribution in [2.24, 2.45) is 0 Å². The van der Waals surface area contributed by atoms with Crippen LogP contribution in [0.4, 0.5) is 33.6 Å². The number of alkyl carbamates (subject to hydrolysis) is 1. The van der Waals surface area contributed by atoms with Crippen molar-refractivity contribution < 1.29 is 22.7 Å². The summed E-state index contributed by atoms with van der Waals surface area (Å²) in [6.45, 7) is 8.08. The van der Waals surface area contributed by atoms with Crippen molar-refractivity contribution in [3.63, 3.8) is 0 Å². The maximum absolute atomic E-state index is 12.7. The fourth-order valence-corrected chi connectivity index (χ4v) is 4.23. The third kappa shape index (κ3) is 8.52. The molecule has 14 heteroatoms. The Morgan fingerprint density at radius 2 is 1.69 bits per heavy atom. The molecule has 3 rings (SSSR count). The van der Waals surface area contributed by atoms with Crippen LogP contribution in [0.2, 0.25) is 5.02 Å². The number of aromatic nitrogens is 3. The van der Waals surface area contributed by atoms with E-state index >= 15 is 0 Å². The number of hydrogen-bond donors (Lipinski definition) is 4. The number of hydrogen-bond acceptors (Lipinski definition) is 10. The van der Waals surface area contributed by atoms with E-state index in [9.17, 15) is 18.0 Å². The van der Waals surface area contributed by atoms with Gasteiger partial charge in [0.05, 0.1) is 17.1 Å². The topological polar surface area (TPSA) is 164 Å². The molecule has 12 nitrogen and oxygen atoms in total. The van der Waals surface area contributed by atoms with E-state index in [1.165, 1.54) is 12.4 Å². The van der Waals surface area contributed by atoms with E-state index in [0.29, 0.717) is 11.4 Å². The second kappa shape index (κ2) is 12.3. The van der Waals surface area contributed by atoms with Gasteiger partial charge in [-0.25, -0.2) is 23.2 Å². The molecule has 0 aliphatic heterocycles. The van der Waals surface area contributed by atoms with Crippen molar-refractivity contribution in [2.75, 3.05) is 22.5 Å². The van der Waals surface area contributed by atoms with Crippen LogP contribution in [0.25, 0.3) is 0 Å². The van der Waals surface area contributed by atoms with Crippen molar-refractivity contribution >= 4 is 62.3 Å². The molecule has 0 unspecified atom stereocenters. The molecule has 0 saturated heterocycles. The van der Waals surface area contributed by atoms with Crippen molar-refractivity contribution in [1.29, 1.82) is 0 Å². The second-order valence-corrected chi connectivity index (χ2v) is 12.4. The molecule has 3 aromatic rings. The number of amides is 2. The lowest BCUT2D eigenvalue weighted by Gasteiger charge is -2.19. The molecule has 0 aliphatic carbocycles. The first kappa shape index (κ1) is 29.6. The van der Waals surface area contributed by atoms with Gasteiger partial charge in [-0.15, -0.1) is 0 Å². The molecule has 0 atom stereocenters. The van der Waals surface area contributed by atoms with Crippen LogP contribution in [0.15, 0.2) is 53.8 Å². The molecule has 39 heavy (non-hydrogen) atoms. The molecule has 0 aliphatic rings. The Morgan fingerprint density at radius 1 is 1.03 bits per heavy atom. The van der Waals surface area contributed by atoms with E-state index in [1.54, 1.807) is 71.0 Å². The van der Waals surface area contributed by atoms with Gasteiger partial charge >= 0.3 is 6.09 Å². The minimum atomic E-state index is -3.66. The van der Waals surface area contributed by atoms with Crippen LogP contribution in [-0.2, 0) is 19.4 Å². The van der Waals surface area contributed by atoms with Gasteiger partial charge in [0.15, 0.2) is 20.7 Å². The highest BCUT2D eigenvalue weighted by molar-refractivity contribution is 7.92. The number of halogens is 1. The highest BCUT2D eigenvalue weighted by Gasteiger charge is 2.25. The minimum Gasteiger partial charge on any atom is -0.444 e. The first-order valence-electron chi connectivity index (χ1n) is 11.9. The third-order valence-corrected chi connectivity index (χ3v) is 7.26. The first-order valence-corrected chi connectivity index (χ1v) is 13.8. The molecule has 2 aromatic heterocycles. The van der Waals surface area contributed by atoms with Crippen LogP contribution in [0.5, 0.6) is 0 Å². The number of pyridine rings is 1. The van der Waals surface area contributed by atoms with Crippen LogP contribution in [0.3, 0.4) is 0 Å². The quantitative estimate of drug-likeness (QED) is 0.282. The highest BCUT2D eigenvalue weighted by atomic mass is 35.5. The summed E-state index contributed by atoms with van der Waals surface area (Å²) < 4.78 is 30.5. The summed E-state index contributed by atoms with van der Waals surface area (Å²) in [5.41, 5.74) is 0.687. The molecule has 0 spiro atoms. The predicted molar refractivity (Wildman–Crippen MR) is 149 cm³/mol. The minimum absolute atomic E-state index is 0.108. The van der Waals surface area contributed by atoms with E-state index in [2.05, 4.69) is 36.2 Å². The van der Waals surface area contributed by atoms with E-state index in [1.807, 2.05) is 0 Å². The number of ether oxygens (including phenoxy) is 1. The van der Waals surface area contributed by atoms with Crippen molar-refractivity contribution in [3.8, 4) is 0 Å². The van der Waals surface area contributed by atoms with Gasteiger partial charge in [0, 0.05) is 17.6 Å². The standard InChI is InChI=1S/C25H30ClN7O5S/c1-15(2)39(36,37)22-19(7-6-12-27-22)32-21-18(26)13-28-23(33-21)31-17-10-8-16(9-11-17)30-20(34)14-29-24(35)38-25(3,4)5/h6-13,15H,14H2,1-5H3,(H,29,35)(H,30,34)(H2,28,31,32,33). The molecule has 0 saturated carbocycles. The fourth-order valence-electron chi connectivity index (χ4n) is 3.02. The molecule has 0 bridgehead atoms. The molecule has 4 N–H and O–H groups in total. The molecule has 2 amide bonds. The number of sulfone groups is 1. The lowest BCUT2D eigenvalue weighted by molar-refractivity contribution is -0.115. The van der Waals surface area contributed by atoms with Crippen LogP contribution >= 0.6 is 11.6 Å². The molecule has 0 radical (unpaired) electrons. The Bertz CT molecular complexity index is 1440. The summed E-state index contributed by atoms with van der Waals surface area (Å²) in [7, 11) is -3.66. The molecule has 1 aromatic carbocycles. The average Bonchev–Trinajstić information content (AvgIpc) is 2.85. The maximum Gasteiger partial charge on any atom is 0.408 e. The zero-order valence-electron chi connectivity index (χ0n) is 22.1. The van der Waals surface area contributed by atoms with Gasteiger partial charge in [-0.1, -0.05) is 11.6 Å². The van der Waals surface area contributed by atoms with Gasteiger partial charge in [0.2, 0.25) is 11.9 Å². The van der Waals surface area contributed by atoms with Gasteiger partial charge in [-0.2, -0.15) is 4.98 Å². The summed E-state index contributed by atoms with van der Waals surface area (Å²) in [6, 6.07) is 9.86. The largest absolute Gasteiger partial charge is 0.444 e. The SMILES string of the molecule is CC(C)S(=O)(=O)c1ncccc1Nc1nc(Nc2ccc(NC(=O)CNC(=O)OC(C)(C)C)cc2)ncc1Cl. The average molecular weight is 576 g/mol. The van der Waals surface area contributed by atoms with Crippen molar-refractivity contribution in [1.82, 2.24) is 20.3 Å². The number of anilines is 5. The number of nitrogens with zero attached hydrogens (tertiary/aromatic N) is 3. The van der Waals surface area contributed by atoms with E-state index < -0.39 is 32.7 Å². The highest BCUT2D eigenvalue weighted by Crippen LogP contribution is 2.29. The van der Waals surface area contributed by atoms with Gasteiger partial charge < -0.3 is 26.0 Å². The van der Waals surface area contributed by atoms with E-state index in [-0.39, 0.29) is 34.0 Å². The summed E-state index contributed by atoms with van der Waals surface area (Å²) >= 11 is 6.26. The third-order valence-electron chi connectivity index (χ3n) is 4.88. The summed E-state index contributed by atoms with van der Waals surface area (Å²) in [5, 5.41) is 10.4. The molecular weight excluding hydrogens is 546 g/mol. The summed E-state index contributed by atoms with van der Waals surface area (Å²) in [6.07, 6.45) is 2.09. The Labute approximate surface area is 231 Å². The molecular formula is C25H30ClN7O5S. The number of carbonyl (C=O) groups excluding carboxylic acids is 2. The predicted octanol–water partition coefficient (Wildman–Crippen LogP) is 4.66. The Hall–Kier alpha value is -3.97. The molecule has 2 heterocycles. The zero-order valence-corrected chi connectivity index (χ0v) is 23.6. The zero-order chi connectivity index (χ0) is 28.8. The van der Waals surface area contributed by atoms with Crippen LogP contribution in [-0.4, -0.2) is 52.8 Å².